The van der Waals surface area contributed by atoms with Gasteiger partial charge in [0.15, 0.2) is 0 Å². The van der Waals surface area contributed by atoms with E-state index < -0.39 is 11.9 Å². The van der Waals surface area contributed by atoms with Gasteiger partial charge in [0.1, 0.15) is 0 Å². The second-order valence-corrected chi connectivity index (χ2v) is 4.79. The van der Waals surface area contributed by atoms with Crippen LogP contribution in [0.25, 0.3) is 0 Å². The average molecular weight is 284 g/mol. The Morgan fingerprint density at radius 3 is 2.05 bits per heavy atom. The maximum Gasteiger partial charge on any atom is 0.336 e. The lowest BCUT2D eigenvalue weighted by molar-refractivity contribution is 0.0651. The molecule has 0 aliphatic carbocycles. The first-order chi connectivity index (χ1) is 10.0. The third-order valence-corrected chi connectivity index (χ3v) is 3.52. The molecule has 2 N–H and O–H groups in total. The van der Waals surface area contributed by atoms with Gasteiger partial charge < -0.3 is 10.2 Å². The van der Waals surface area contributed by atoms with Crippen molar-refractivity contribution < 1.29 is 19.8 Å². The Morgan fingerprint density at radius 2 is 1.52 bits per heavy atom. The van der Waals surface area contributed by atoms with Gasteiger partial charge in [-0.05, 0) is 29.7 Å². The molecule has 0 bridgehead atoms. The molecule has 2 aromatic carbocycles. The molecule has 108 valence electrons. The summed E-state index contributed by atoms with van der Waals surface area (Å²) in [4.78, 5) is 22.3. The number of carbonyl (C=O) groups is 2. The van der Waals surface area contributed by atoms with Gasteiger partial charge in [0, 0.05) is 5.92 Å². The molecule has 0 fully saturated rings. The number of carboxylic acids is 2. The Hall–Kier alpha value is -2.62. The van der Waals surface area contributed by atoms with Gasteiger partial charge in [-0.3, -0.25) is 0 Å². The molecule has 0 saturated heterocycles. The summed E-state index contributed by atoms with van der Waals surface area (Å²) in [5.41, 5.74) is 1.54. The third-order valence-electron chi connectivity index (χ3n) is 3.52. The van der Waals surface area contributed by atoms with Crippen molar-refractivity contribution in [2.24, 2.45) is 0 Å². The summed E-state index contributed by atoms with van der Waals surface area (Å²) >= 11 is 0. The van der Waals surface area contributed by atoms with Crippen LogP contribution in [0.5, 0.6) is 0 Å². The minimum absolute atomic E-state index is 0.0483. The highest BCUT2D eigenvalue weighted by Crippen LogP contribution is 2.29. The smallest absolute Gasteiger partial charge is 0.336 e. The average Bonchev–Trinajstić information content (AvgIpc) is 2.48. The monoisotopic (exact) mass is 284 g/mol. The van der Waals surface area contributed by atoms with Crippen molar-refractivity contribution in [2.75, 3.05) is 0 Å². The molecule has 0 aliphatic heterocycles. The summed E-state index contributed by atoms with van der Waals surface area (Å²) < 4.78 is 0. The Labute approximate surface area is 122 Å². The van der Waals surface area contributed by atoms with Gasteiger partial charge in [0.05, 0.1) is 11.1 Å². The second kappa shape index (κ2) is 6.22. The zero-order valence-electron chi connectivity index (χ0n) is 11.6. The lowest BCUT2D eigenvalue weighted by Crippen LogP contribution is -2.10. The molecule has 0 amide bonds. The molecule has 1 unspecified atom stereocenters. The fourth-order valence-corrected chi connectivity index (χ4v) is 2.49. The van der Waals surface area contributed by atoms with E-state index >= 15 is 0 Å². The van der Waals surface area contributed by atoms with E-state index in [1.54, 1.807) is 6.07 Å². The third kappa shape index (κ3) is 3.11. The highest BCUT2D eigenvalue weighted by molar-refractivity contribution is 6.01. The fraction of sp³-hybridized carbons (Fsp3) is 0.176. The van der Waals surface area contributed by atoms with Gasteiger partial charge in [-0.15, -0.1) is 0 Å². The fourth-order valence-electron chi connectivity index (χ4n) is 2.49. The number of benzene rings is 2. The summed E-state index contributed by atoms with van der Waals surface area (Å²) in [7, 11) is 0. The maximum absolute atomic E-state index is 11.3. The number of hydrogen-bond acceptors (Lipinski definition) is 2. The number of hydrogen-bond donors (Lipinski definition) is 2. The molecule has 0 aliphatic rings. The largest absolute Gasteiger partial charge is 0.478 e. The molecule has 0 aromatic heterocycles. The zero-order chi connectivity index (χ0) is 15.4. The Bertz CT molecular complexity index is 662. The van der Waals surface area contributed by atoms with Crippen molar-refractivity contribution in [1.29, 1.82) is 0 Å². The molecule has 4 nitrogen and oxygen atoms in total. The molecular formula is C17H16O4. The van der Waals surface area contributed by atoms with Crippen LogP contribution in [0.1, 0.15) is 51.1 Å². The van der Waals surface area contributed by atoms with Crippen LogP contribution in [0.3, 0.4) is 0 Å². The summed E-state index contributed by atoms with van der Waals surface area (Å²) in [5.74, 6) is -2.41. The van der Waals surface area contributed by atoms with Crippen molar-refractivity contribution in [3.63, 3.8) is 0 Å². The van der Waals surface area contributed by atoms with Crippen molar-refractivity contribution >= 4 is 11.9 Å². The predicted molar refractivity (Wildman–Crippen MR) is 78.9 cm³/mol. The van der Waals surface area contributed by atoms with Crippen molar-refractivity contribution in [1.82, 2.24) is 0 Å². The molecule has 2 aromatic rings. The maximum atomic E-state index is 11.3. The van der Waals surface area contributed by atoms with Crippen LogP contribution >= 0.6 is 0 Å². The van der Waals surface area contributed by atoms with Crippen molar-refractivity contribution in [3.05, 3.63) is 70.8 Å². The zero-order valence-corrected chi connectivity index (χ0v) is 11.6. The van der Waals surface area contributed by atoms with Crippen LogP contribution in [0.4, 0.5) is 0 Å². The summed E-state index contributed by atoms with van der Waals surface area (Å²) in [6.07, 6.45) is 0.801. The first kappa shape index (κ1) is 14.8. The van der Waals surface area contributed by atoms with Crippen LogP contribution in [0, 0.1) is 0 Å². The standard InChI is InChI=1S/C17H16O4/c1-2-13(11-6-4-3-5-7-11)12-8-9-14(16(18)19)15(10-12)17(20)21/h3-10,13H,2H2,1H3,(H,18,19)(H,20,21). The van der Waals surface area contributed by atoms with Gasteiger partial charge in [-0.25, -0.2) is 9.59 Å². The first-order valence-corrected chi connectivity index (χ1v) is 6.70. The van der Waals surface area contributed by atoms with Gasteiger partial charge in [-0.2, -0.15) is 0 Å². The molecule has 0 radical (unpaired) electrons. The molecule has 0 heterocycles. The summed E-state index contributed by atoms with van der Waals surface area (Å²) in [6, 6.07) is 14.3. The lowest BCUT2D eigenvalue weighted by atomic mass is 9.87. The van der Waals surface area contributed by atoms with E-state index in [0.29, 0.717) is 0 Å². The van der Waals surface area contributed by atoms with Crippen LogP contribution < -0.4 is 0 Å². The minimum atomic E-state index is -1.23. The molecule has 2 rings (SSSR count). The topological polar surface area (TPSA) is 74.6 Å². The van der Waals surface area contributed by atoms with Crippen LogP contribution in [0.15, 0.2) is 48.5 Å². The Balaban J connectivity index is 2.51. The molecular weight excluding hydrogens is 268 g/mol. The van der Waals surface area contributed by atoms with Crippen molar-refractivity contribution in [2.45, 2.75) is 19.3 Å². The second-order valence-electron chi connectivity index (χ2n) is 4.79. The SMILES string of the molecule is CCC(c1ccccc1)c1ccc(C(=O)O)c(C(=O)O)c1. The van der Waals surface area contributed by atoms with E-state index in [1.807, 2.05) is 37.3 Å². The molecule has 4 heteroatoms. The summed E-state index contributed by atoms with van der Waals surface area (Å²) in [6.45, 7) is 2.02. The number of rotatable bonds is 5. The Morgan fingerprint density at radius 1 is 0.905 bits per heavy atom. The lowest BCUT2D eigenvalue weighted by Gasteiger charge is -2.17. The van der Waals surface area contributed by atoms with E-state index in [0.717, 1.165) is 17.5 Å². The van der Waals surface area contributed by atoms with Gasteiger partial charge >= 0.3 is 11.9 Å². The molecule has 0 spiro atoms. The van der Waals surface area contributed by atoms with E-state index in [4.69, 9.17) is 5.11 Å². The van der Waals surface area contributed by atoms with Gasteiger partial charge in [0.25, 0.3) is 0 Å². The summed E-state index contributed by atoms with van der Waals surface area (Å²) in [5, 5.41) is 18.3. The van der Waals surface area contributed by atoms with Crippen molar-refractivity contribution in [3.8, 4) is 0 Å². The van der Waals surface area contributed by atoms with Gasteiger partial charge in [-0.1, -0.05) is 43.3 Å². The molecule has 1 atom stereocenters. The van der Waals surface area contributed by atoms with E-state index in [9.17, 15) is 14.7 Å². The van der Waals surface area contributed by atoms with Crippen LogP contribution in [0.2, 0.25) is 0 Å². The predicted octanol–water partition coefficient (Wildman–Crippen LogP) is 3.62. The molecule has 0 saturated carbocycles. The van der Waals surface area contributed by atoms with E-state index in [2.05, 4.69) is 0 Å². The van der Waals surface area contributed by atoms with E-state index in [-0.39, 0.29) is 17.0 Å². The minimum Gasteiger partial charge on any atom is -0.478 e. The molecule has 21 heavy (non-hydrogen) atoms. The van der Waals surface area contributed by atoms with Gasteiger partial charge in [0.2, 0.25) is 0 Å². The Kier molecular flexibility index (Phi) is 4.38. The quantitative estimate of drug-likeness (QED) is 0.879. The normalized spacial score (nSPS) is 11.9. The number of carboxylic acid groups (broad SMARTS) is 2. The number of aromatic carboxylic acids is 2. The first-order valence-electron chi connectivity index (χ1n) is 6.70. The highest BCUT2D eigenvalue weighted by atomic mass is 16.4. The van der Waals surface area contributed by atoms with E-state index in [1.165, 1.54) is 12.1 Å². The van der Waals surface area contributed by atoms with Crippen LogP contribution in [-0.2, 0) is 0 Å². The van der Waals surface area contributed by atoms with Crippen LogP contribution in [-0.4, -0.2) is 22.2 Å². The highest BCUT2D eigenvalue weighted by Gasteiger charge is 2.19.